The first kappa shape index (κ1) is 25.5. The quantitative estimate of drug-likeness (QED) is 0.545. The molecule has 1 atom stereocenters. The molecule has 8 nitrogen and oxygen atoms in total. The van der Waals surface area contributed by atoms with Gasteiger partial charge in [0.15, 0.2) is 0 Å². The van der Waals surface area contributed by atoms with Crippen LogP contribution in [-0.4, -0.2) is 65.6 Å². The largest absolute Gasteiger partial charge is 0.381 e. The molecule has 196 valence electrons. The molecule has 2 aliphatic heterocycles. The molecule has 8 heteroatoms. The lowest BCUT2D eigenvalue weighted by molar-refractivity contribution is 0.0724. The van der Waals surface area contributed by atoms with Crippen LogP contribution in [0.25, 0.3) is 0 Å². The number of para-hydroxylation sites is 1. The standard InChI is InChI=1S/C30H35N7O/c1-21-20-36(16-17-37(21)29-10-6-7-13-32-29)30(38)26-18-27(23(3)33-22(26)2)34-25-11-14-35(15-12-25)28-9-5-4-8-24(28)19-31/h4-10,13,18,21,25,34H,11-12,14-17,20H2,1-3H3/t21-/m1/s1. The number of amides is 1. The number of anilines is 3. The number of benzene rings is 1. The zero-order valence-electron chi connectivity index (χ0n) is 22.4. The average molecular weight is 510 g/mol. The van der Waals surface area contributed by atoms with Gasteiger partial charge >= 0.3 is 0 Å². The van der Waals surface area contributed by atoms with Gasteiger partial charge in [-0.3, -0.25) is 9.78 Å². The van der Waals surface area contributed by atoms with Gasteiger partial charge < -0.3 is 20.0 Å². The molecule has 0 spiro atoms. The second kappa shape index (κ2) is 11.1. The van der Waals surface area contributed by atoms with Crippen molar-refractivity contribution in [2.45, 2.75) is 45.7 Å². The van der Waals surface area contributed by atoms with Crippen LogP contribution >= 0.6 is 0 Å². The molecule has 2 aromatic heterocycles. The van der Waals surface area contributed by atoms with Gasteiger partial charge in [-0.1, -0.05) is 18.2 Å². The van der Waals surface area contributed by atoms with E-state index in [4.69, 9.17) is 4.98 Å². The van der Waals surface area contributed by atoms with Crippen LogP contribution in [0, 0.1) is 25.2 Å². The molecule has 0 aliphatic carbocycles. The van der Waals surface area contributed by atoms with Crippen molar-refractivity contribution < 1.29 is 4.79 Å². The summed E-state index contributed by atoms with van der Waals surface area (Å²) in [6.07, 6.45) is 3.71. The van der Waals surface area contributed by atoms with Gasteiger partial charge in [0.2, 0.25) is 0 Å². The van der Waals surface area contributed by atoms with E-state index in [-0.39, 0.29) is 18.0 Å². The lowest BCUT2D eigenvalue weighted by atomic mass is 10.0. The zero-order chi connectivity index (χ0) is 26.6. The van der Waals surface area contributed by atoms with Crippen LogP contribution in [0.15, 0.2) is 54.7 Å². The molecule has 0 unspecified atom stereocenters. The second-order valence-electron chi connectivity index (χ2n) is 10.3. The fourth-order valence-electron chi connectivity index (χ4n) is 5.59. The van der Waals surface area contributed by atoms with Gasteiger partial charge in [-0.2, -0.15) is 5.26 Å². The molecule has 3 aromatic rings. The molecule has 2 saturated heterocycles. The summed E-state index contributed by atoms with van der Waals surface area (Å²) in [5, 5.41) is 13.1. The van der Waals surface area contributed by atoms with Gasteiger partial charge in [0.1, 0.15) is 11.9 Å². The van der Waals surface area contributed by atoms with Crippen molar-refractivity contribution in [3.05, 3.63) is 77.2 Å². The molecule has 38 heavy (non-hydrogen) atoms. The number of hydrogen-bond acceptors (Lipinski definition) is 7. The molecule has 0 saturated carbocycles. The molecular weight excluding hydrogens is 474 g/mol. The lowest BCUT2D eigenvalue weighted by Gasteiger charge is -2.40. The molecule has 4 heterocycles. The molecule has 2 fully saturated rings. The Kier molecular flexibility index (Phi) is 7.45. The van der Waals surface area contributed by atoms with E-state index in [2.05, 4.69) is 33.1 Å². The van der Waals surface area contributed by atoms with Crippen LogP contribution in [0.4, 0.5) is 17.2 Å². The summed E-state index contributed by atoms with van der Waals surface area (Å²) < 4.78 is 0. The number of pyridine rings is 2. The summed E-state index contributed by atoms with van der Waals surface area (Å²) in [6, 6.07) is 18.5. The Bertz CT molecular complexity index is 1330. The Balaban J connectivity index is 1.24. The summed E-state index contributed by atoms with van der Waals surface area (Å²) in [5.41, 5.74) is 4.99. The number of carbonyl (C=O) groups excluding carboxylic acids is 1. The van der Waals surface area contributed by atoms with Gasteiger partial charge in [-0.15, -0.1) is 0 Å². The normalized spacial score (nSPS) is 18.3. The maximum atomic E-state index is 13.6. The van der Waals surface area contributed by atoms with Crippen LogP contribution in [-0.2, 0) is 0 Å². The van der Waals surface area contributed by atoms with Gasteiger partial charge in [-0.25, -0.2) is 4.98 Å². The smallest absolute Gasteiger partial charge is 0.255 e. The van der Waals surface area contributed by atoms with Crippen molar-refractivity contribution in [3.63, 3.8) is 0 Å². The van der Waals surface area contributed by atoms with Crippen LogP contribution < -0.4 is 15.1 Å². The third kappa shape index (κ3) is 5.28. The maximum Gasteiger partial charge on any atom is 0.255 e. The minimum absolute atomic E-state index is 0.0356. The fourth-order valence-corrected chi connectivity index (χ4v) is 5.59. The lowest BCUT2D eigenvalue weighted by Crippen LogP contribution is -2.54. The van der Waals surface area contributed by atoms with Gasteiger partial charge in [0.05, 0.1) is 33.9 Å². The van der Waals surface area contributed by atoms with Crippen LogP contribution in [0.5, 0.6) is 0 Å². The number of hydrogen-bond donors (Lipinski definition) is 1. The van der Waals surface area contributed by atoms with E-state index in [0.29, 0.717) is 18.7 Å². The third-order valence-electron chi connectivity index (χ3n) is 7.71. The molecule has 1 N–H and O–H groups in total. The summed E-state index contributed by atoms with van der Waals surface area (Å²) in [4.78, 5) is 29.3. The van der Waals surface area contributed by atoms with Crippen molar-refractivity contribution >= 4 is 23.1 Å². The molecule has 0 bridgehead atoms. The number of rotatable bonds is 5. The Hall–Kier alpha value is -4.12. The first-order valence-electron chi connectivity index (χ1n) is 13.4. The van der Waals surface area contributed by atoms with Crippen molar-refractivity contribution in [1.29, 1.82) is 5.26 Å². The SMILES string of the molecule is Cc1nc(C)c(C(=O)N2CCN(c3ccccn3)[C@H](C)C2)cc1NC1CCN(c2ccccc2C#N)CC1. The minimum atomic E-state index is 0.0356. The van der Waals surface area contributed by atoms with Crippen LogP contribution in [0.3, 0.4) is 0 Å². The van der Waals surface area contributed by atoms with Crippen molar-refractivity contribution in [2.24, 2.45) is 0 Å². The highest BCUT2D eigenvalue weighted by Crippen LogP contribution is 2.27. The Labute approximate surface area is 224 Å². The molecular formula is C30H35N7O. The first-order valence-corrected chi connectivity index (χ1v) is 13.4. The summed E-state index contributed by atoms with van der Waals surface area (Å²) in [5.74, 6) is 0.988. The molecule has 1 amide bonds. The van der Waals surface area contributed by atoms with Crippen molar-refractivity contribution in [2.75, 3.05) is 47.8 Å². The van der Waals surface area contributed by atoms with Crippen LogP contribution in [0.2, 0.25) is 0 Å². The maximum absolute atomic E-state index is 13.6. The number of piperidine rings is 1. The van der Waals surface area contributed by atoms with Gasteiger partial charge in [0.25, 0.3) is 5.91 Å². The topological polar surface area (TPSA) is 88.4 Å². The third-order valence-corrected chi connectivity index (χ3v) is 7.71. The number of nitrogens with zero attached hydrogens (tertiary/aromatic N) is 6. The van der Waals surface area contributed by atoms with E-state index in [9.17, 15) is 10.1 Å². The van der Waals surface area contributed by atoms with Crippen LogP contribution in [0.1, 0.15) is 47.1 Å². The monoisotopic (exact) mass is 509 g/mol. The number of carbonyl (C=O) groups is 1. The number of aromatic nitrogens is 2. The fraction of sp³-hybridized carbons (Fsp3) is 0.400. The average Bonchev–Trinajstić information content (AvgIpc) is 2.95. The number of nitrogens with one attached hydrogen (secondary N) is 1. The highest BCUT2D eigenvalue weighted by Gasteiger charge is 2.29. The predicted octanol–water partition coefficient (Wildman–Crippen LogP) is 4.40. The molecule has 2 aliphatic rings. The molecule has 0 radical (unpaired) electrons. The minimum Gasteiger partial charge on any atom is -0.381 e. The number of aryl methyl sites for hydroxylation is 2. The van der Waals surface area contributed by atoms with Gasteiger partial charge in [-0.05, 0) is 63.9 Å². The molecule has 5 rings (SSSR count). The van der Waals surface area contributed by atoms with E-state index in [0.717, 1.165) is 66.6 Å². The van der Waals surface area contributed by atoms with Gasteiger partial charge in [0, 0.05) is 51.0 Å². The Morgan fingerprint density at radius 1 is 1.03 bits per heavy atom. The van der Waals surface area contributed by atoms with E-state index in [1.54, 1.807) is 0 Å². The van der Waals surface area contributed by atoms with E-state index in [1.165, 1.54) is 0 Å². The van der Waals surface area contributed by atoms with E-state index >= 15 is 0 Å². The first-order chi connectivity index (χ1) is 18.4. The summed E-state index contributed by atoms with van der Waals surface area (Å²) >= 11 is 0. The Morgan fingerprint density at radius 2 is 1.79 bits per heavy atom. The summed E-state index contributed by atoms with van der Waals surface area (Å²) in [7, 11) is 0. The molecule has 1 aromatic carbocycles. The predicted molar refractivity (Wildman–Crippen MR) is 151 cm³/mol. The zero-order valence-corrected chi connectivity index (χ0v) is 22.4. The number of piperazine rings is 1. The number of nitriles is 1. The van der Waals surface area contributed by atoms with E-state index < -0.39 is 0 Å². The van der Waals surface area contributed by atoms with Crippen molar-refractivity contribution in [3.8, 4) is 6.07 Å². The Morgan fingerprint density at radius 3 is 2.50 bits per heavy atom. The van der Waals surface area contributed by atoms with E-state index in [1.807, 2.05) is 73.5 Å². The van der Waals surface area contributed by atoms with Crippen molar-refractivity contribution in [1.82, 2.24) is 14.9 Å². The highest BCUT2D eigenvalue weighted by atomic mass is 16.2. The summed E-state index contributed by atoms with van der Waals surface area (Å²) in [6.45, 7) is 9.85. The highest BCUT2D eigenvalue weighted by molar-refractivity contribution is 5.96. The second-order valence-corrected chi connectivity index (χ2v) is 10.3.